The average Bonchev–Trinajstić information content (AvgIpc) is 2.44. The quantitative estimate of drug-likeness (QED) is 0.895. The van der Waals surface area contributed by atoms with Crippen molar-refractivity contribution in [2.24, 2.45) is 5.92 Å². The van der Waals surface area contributed by atoms with Crippen LogP contribution in [-0.2, 0) is 6.54 Å². The number of aliphatic hydroxyl groups is 1. The second-order valence-corrected chi connectivity index (χ2v) is 6.14. The van der Waals surface area contributed by atoms with Gasteiger partial charge in [-0.3, -0.25) is 4.79 Å². The van der Waals surface area contributed by atoms with E-state index < -0.39 is 5.54 Å². The Labute approximate surface area is 124 Å². The predicted octanol–water partition coefficient (Wildman–Crippen LogP) is 2.27. The van der Waals surface area contributed by atoms with Crippen LogP contribution in [0.1, 0.15) is 39.5 Å². The molecule has 1 heterocycles. The molecule has 0 aromatic carbocycles. The molecule has 0 radical (unpaired) electrons. The van der Waals surface area contributed by atoms with Crippen molar-refractivity contribution >= 4 is 17.3 Å². The SMILES string of the molecule is CCn1ncc(NC2(CO)CCCC(C)C2)c(Cl)c1=O. The zero-order chi connectivity index (χ0) is 14.8. The molecule has 6 heteroatoms. The number of hydrogen-bond acceptors (Lipinski definition) is 4. The molecule has 2 N–H and O–H groups in total. The van der Waals surface area contributed by atoms with E-state index >= 15 is 0 Å². The third-order valence-electron chi connectivity index (χ3n) is 4.08. The first-order chi connectivity index (χ1) is 9.51. The van der Waals surface area contributed by atoms with Crippen molar-refractivity contribution in [3.05, 3.63) is 21.6 Å². The largest absolute Gasteiger partial charge is 0.394 e. The van der Waals surface area contributed by atoms with Gasteiger partial charge in [0.15, 0.2) is 0 Å². The lowest BCUT2D eigenvalue weighted by molar-refractivity contribution is 0.149. The number of aliphatic hydroxyl groups excluding tert-OH is 1. The van der Waals surface area contributed by atoms with Gasteiger partial charge in [-0.25, -0.2) is 4.68 Å². The number of aryl methyl sites for hydroxylation is 1. The fraction of sp³-hybridized carbons (Fsp3) is 0.714. The Morgan fingerprint density at radius 1 is 1.65 bits per heavy atom. The van der Waals surface area contributed by atoms with Crippen molar-refractivity contribution in [3.8, 4) is 0 Å². The first-order valence-corrected chi connectivity index (χ1v) is 7.54. The van der Waals surface area contributed by atoms with Gasteiger partial charge in [-0.1, -0.05) is 31.4 Å². The van der Waals surface area contributed by atoms with Crippen LogP contribution < -0.4 is 10.9 Å². The van der Waals surface area contributed by atoms with Crippen LogP contribution in [0.4, 0.5) is 5.69 Å². The van der Waals surface area contributed by atoms with Crippen molar-refractivity contribution in [2.45, 2.75) is 51.6 Å². The third kappa shape index (κ3) is 2.99. The highest BCUT2D eigenvalue weighted by molar-refractivity contribution is 6.32. The molecule has 0 amide bonds. The number of anilines is 1. The summed E-state index contributed by atoms with van der Waals surface area (Å²) in [6.07, 6.45) is 5.56. The molecule has 2 atom stereocenters. The van der Waals surface area contributed by atoms with E-state index in [1.54, 1.807) is 6.20 Å². The molecule has 1 aromatic heterocycles. The standard InChI is InChI=1S/C14H22ClN3O2/c1-3-18-13(20)12(15)11(8-16-18)17-14(9-19)6-4-5-10(2)7-14/h8,10,17,19H,3-7,9H2,1-2H3. The fourth-order valence-electron chi connectivity index (χ4n) is 3.02. The Kier molecular flexibility index (Phi) is 4.70. The van der Waals surface area contributed by atoms with Gasteiger partial charge in [0.05, 0.1) is 24.0 Å². The number of aromatic nitrogens is 2. The maximum Gasteiger partial charge on any atom is 0.287 e. The molecule has 1 aliphatic carbocycles. The molecule has 1 aliphatic rings. The molecule has 0 aliphatic heterocycles. The van der Waals surface area contributed by atoms with Gasteiger partial charge in [0.2, 0.25) is 0 Å². The minimum absolute atomic E-state index is 0.0323. The molecule has 2 unspecified atom stereocenters. The van der Waals surface area contributed by atoms with Gasteiger partial charge in [-0.2, -0.15) is 5.10 Å². The summed E-state index contributed by atoms with van der Waals surface area (Å²) in [6.45, 7) is 4.54. The summed E-state index contributed by atoms with van der Waals surface area (Å²) in [5, 5.41) is 17.3. The summed E-state index contributed by atoms with van der Waals surface area (Å²) < 4.78 is 1.32. The van der Waals surface area contributed by atoms with Crippen LogP contribution in [0.15, 0.2) is 11.0 Å². The first kappa shape index (κ1) is 15.3. The number of nitrogens with one attached hydrogen (secondary N) is 1. The van der Waals surface area contributed by atoms with Crippen LogP contribution in [0.2, 0.25) is 5.02 Å². The topological polar surface area (TPSA) is 67.2 Å². The first-order valence-electron chi connectivity index (χ1n) is 7.16. The van der Waals surface area contributed by atoms with Crippen LogP contribution in [0.25, 0.3) is 0 Å². The minimum atomic E-state index is -0.395. The molecule has 20 heavy (non-hydrogen) atoms. The van der Waals surface area contributed by atoms with Gasteiger partial charge >= 0.3 is 0 Å². The van der Waals surface area contributed by atoms with E-state index in [0.717, 1.165) is 19.3 Å². The van der Waals surface area contributed by atoms with E-state index in [-0.39, 0.29) is 17.2 Å². The second-order valence-electron chi connectivity index (χ2n) is 5.76. The number of hydrogen-bond donors (Lipinski definition) is 2. The molecule has 2 rings (SSSR count). The van der Waals surface area contributed by atoms with Crippen LogP contribution in [0, 0.1) is 5.92 Å². The van der Waals surface area contributed by atoms with E-state index in [2.05, 4.69) is 17.3 Å². The molecule has 0 spiro atoms. The van der Waals surface area contributed by atoms with Crippen LogP contribution >= 0.6 is 11.6 Å². The van der Waals surface area contributed by atoms with Gasteiger partial charge in [0.25, 0.3) is 5.56 Å². The van der Waals surface area contributed by atoms with Crippen molar-refractivity contribution < 1.29 is 5.11 Å². The Hall–Kier alpha value is -1.07. The average molecular weight is 300 g/mol. The molecule has 112 valence electrons. The Bertz CT molecular complexity index is 532. The molecule has 5 nitrogen and oxygen atoms in total. The van der Waals surface area contributed by atoms with Crippen LogP contribution in [0.5, 0.6) is 0 Å². The highest BCUT2D eigenvalue weighted by atomic mass is 35.5. The molecular weight excluding hydrogens is 278 g/mol. The Morgan fingerprint density at radius 3 is 3.00 bits per heavy atom. The molecule has 0 saturated heterocycles. The van der Waals surface area contributed by atoms with Crippen LogP contribution in [0.3, 0.4) is 0 Å². The molecule has 1 fully saturated rings. The summed E-state index contributed by atoms with van der Waals surface area (Å²) >= 11 is 6.13. The van der Waals surface area contributed by atoms with Gasteiger partial charge in [-0.15, -0.1) is 0 Å². The van der Waals surface area contributed by atoms with E-state index in [4.69, 9.17) is 11.6 Å². The van der Waals surface area contributed by atoms with Crippen molar-refractivity contribution in [1.29, 1.82) is 0 Å². The highest BCUT2D eigenvalue weighted by Crippen LogP contribution is 2.35. The van der Waals surface area contributed by atoms with E-state index in [1.165, 1.54) is 11.1 Å². The normalized spacial score (nSPS) is 26.5. The summed E-state index contributed by atoms with van der Waals surface area (Å²) in [5.41, 5.74) is -0.172. The van der Waals surface area contributed by atoms with Gasteiger partial charge in [-0.05, 0) is 25.7 Å². The molecule has 0 bridgehead atoms. The fourth-order valence-corrected chi connectivity index (χ4v) is 3.21. The second kappa shape index (κ2) is 6.14. The predicted molar refractivity (Wildman–Crippen MR) is 80.3 cm³/mol. The molecule has 1 saturated carbocycles. The number of halogens is 1. The maximum atomic E-state index is 12.0. The van der Waals surface area contributed by atoms with Gasteiger partial charge in [0.1, 0.15) is 5.02 Å². The number of rotatable bonds is 4. The smallest absolute Gasteiger partial charge is 0.287 e. The number of nitrogens with zero attached hydrogens (tertiary/aromatic N) is 2. The van der Waals surface area contributed by atoms with Gasteiger partial charge < -0.3 is 10.4 Å². The van der Waals surface area contributed by atoms with Crippen molar-refractivity contribution in [1.82, 2.24) is 9.78 Å². The summed E-state index contributed by atoms with van der Waals surface area (Å²) in [5.74, 6) is 0.547. The van der Waals surface area contributed by atoms with E-state index in [9.17, 15) is 9.90 Å². The lowest BCUT2D eigenvalue weighted by Gasteiger charge is -2.40. The lowest BCUT2D eigenvalue weighted by atomic mass is 9.76. The maximum absolute atomic E-state index is 12.0. The minimum Gasteiger partial charge on any atom is -0.394 e. The van der Waals surface area contributed by atoms with E-state index in [0.29, 0.717) is 18.2 Å². The summed E-state index contributed by atoms with van der Waals surface area (Å²) in [4.78, 5) is 12.0. The monoisotopic (exact) mass is 299 g/mol. The zero-order valence-corrected chi connectivity index (χ0v) is 12.8. The van der Waals surface area contributed by atoms with Crippen molar-refractivity contribution in [3.63, 3.8) is 0 Å². The molecule has 1 aromatic rings. The lowest BCUT2D eigenvalue weighted by Crippen LogP contribution is -2.46. The summed E-state index contributed by atoms with van der Waals surface area (Å²) in [6, 6.07) is 0. The van der Waals surface area contributed by atoms with Crippen LogP contribution in [-0.4, -0.2) is 27.0 Å². The zero-order valence-electron chi connectivity index (χ0n) is 12.0. The Balaban J connectivity index is 2.28. The van der Waals surface area contributed by atoms with Crippen molar-refractivity contribution in [2.75, 3.05) is 11.9 Å². The van der Waals surface area contributed by atoms with Gasteiger partial charge in [0, 0.05) is 6.54 Å². The Morgan fingerprint density at radius 2 is 2.40 bits per heavy atom. The summed E-state index contributed by atoms with van der Waals surface area (Å²) in [7, 11) is 0. The molecular formula is C14H22ClN3O2. The highest BCUT2D eigenvalue weighted by Gasteiger charge is 2.35. The van der Waals surface area contributed by atoms with E-state index in [1.807, 2.05) is 6.92 Å². The third-order valence-corrected chi connectivity index (χ3v) is 4.44.